The second-order valence-electron chi connectivity index (χ2n) is 4.47. The van der Waals surface area contributed by atoms with Gasteiger partial charge >= 0.3 is 12.0 Å². The summed E-state index contributed by atoms with van der Waals surface area (Å²) in [6, 6.07) is 1.89. The van der Waals surface area contributed by atoms with Gasteiger partial charge in [0.2, 0.25) is 0 Å². The summed E-state index contributed by atoms with van der Waals surface area (Å²) < 4.78 is 22.4. The van der Waals surface area contributed by atoms with Crippen LogP contribution in [0.1, 0.15) is 5.69 Å². The molecule has 1 aromatic rings. The molecule has 2 amide bonds. The molecule has 112 valence electrons. The zero-order valence-electron chi connectivity index (χ0n) is 10.8. The first kappa shape index (κ1) is 15.0. The molecule has 0 spiro atoms. The normalized spacial score (nSPS) is 19.1. The molecule has 0 radical (unpaired) electrons. The number of carboxylic acid groups (broad SMARTS) is 1. The van der Waals surface area contributed by atoms with E-state index in [0.717, 1.165) is 5.41 Å². The number of carbonyl (C=O) groups is 2. The highest BCUT2D eigenvalue weighted by molar-refractivity contribution is 7.94. The van der Waals surface area contributed by atoms with Gasteiger partial charge in [-0.2, -0.15) is 0 Å². The quantitative estimate of drug-likeness (QED) is 0.726. The number of nitrogens with zero attached hydrogens (tertiary/aromatic N) is 1. The van der Waals surface area contributed by atoms with E-state index in [1.54, 1.807) is 0 Å². The molecule has 2 rings (SSSR count). The fourth-order valence-corrected chi connectivity index (χ4v) is 2.99. The van der Waals surface area contributed by atoms with Crippen molar-refractivity contribution in [3.63, 3.8) is 0 Å². The number of sulfone groups is 1. The second kappa shape index (κ2) is 5.92. The van der Waals surface area contributed by atoms with E-state index in [1.165, 1.54) is 24.4 Å². The molecule has 0 aliphatic carbocycles. The van der Waals surface area contributed by atoms with Crippen LogP contribution < -0.4 is 10.6 Å². The molecule has 21 heavy (non-hydrogen) atoms. The lowest BCUT2D eigenvalue weighted by Gasteiger charge is -2.11. The van der Waals surface area contributed by atoms with Crippen LogP contribution in [0.3, 0.4) is 0 Å². The number of pyridine rings is 1. The van der Waals surface area contributed by atoms with E-state index in [0.29, 0.717) is 11.4 Å². The van der Waals surface area contributed by atoms with E-state index >= 15 is 0 Å². The number of urea groups is 1. The maximum absolute atomic E-state index is 11.7. The number of amides is 2. The third-order valence-corrected chi connectivity index (χ3v) is 4.06. The van der Waals surface area contributed by atoms with E-state index in [9.17, 15) is 18.0 Å². The van der Waals surface area contributed by atoms with Crippen LogP contribution in [0.5, 0.6) is 0 Å². The van der Waals surface area contributed by atoms with Crippen LogP contribution in [0.2, 0.25) is 0 Å². The first-order valence-corrected chi connectivity index (χ1v) is 7.71. The van der Waals surface area contributed by atoms with Gasteiger partial charge in [0.15, 0.2) is 9.84 Å². The van der Waals surface area contributed by atoms with E-state index in [2.05, 4.69) is 15.6 Å². The lowest BCUT2D eigenvalue weighted by atomic mass is 10.2. The van der Waals surface area contributed by atoms with E-state index in [1.807, 2.05) is 0 Å². The summed E-state index contributed by atoms with van der Waals surface area (Å²) in [6.07, 6.45) is 2.54. The van der Waals surface area contributed by atoms with Gasteiger partial charge in [-0.15, -0.1) is 0 Å². The zero-order valence-corrected chi connectivity index (χ0v) is 11.6. The molecule has 0 saturated heterocycles. The number of anilines is 1. The summed E-state index contributed by atoms with van der Waals surface area (Å²) >= 11 is 0. The molecule has 0 bridgehead atoms. The molecule has 1 unspecified atom stereocenters. The first-order valence-electron chi connectivity index (χ1n) is 5.99. The first-order chi connectivity index (χ1) is 9.84. The van der Waals surface area contributed by atoms with Gasteiger partial charge in [0.25, 0.3) is 0 Å². The molecule has 0 saturated carbocycles. The number of nitrogens with one attached hydrogen (secondary N) is 2. The predicted molar refractivity (Wildman–Crippen MR) is 74.4 cm³/mol. The molecular formula is C12H13N3O5S. The largest absolute Gasteiger partial charge is 0.481 e. The summed E-state index contributed by atoms with van der Waals surface area (Å²) in [4.78, 5) is 26.1. The second-order valence-corrected chi connectivity index (χ2v) is 6.40. The summed E-state index contributed by atoms with van der Waals surface area (Å²) in [7, 11) is -3.22. The molecule has 1 aliphatic heterocycles. The molecule has 1 atom stereocenters. The van der Waals surface area contributed by atoms with Crippen LogP contribution in [-0.4, -0.2) is 42.3 Å². The van der Waals surface area contributed by atoms with Crippen molar-refractivity contribution >= 4 is 27.5 Å². The average molecular weight is 311 g/mol. The minimum atomic E-state index is -3.22. The molecule has 0 fully saturated rings. The SMILES string of the molecule is O=C(O)Cc1ccc(NC(=O)NC2C=CS(=O)(=O)C2)cn1. The van der Waals surface area contributed by atoms with Crippen LogP contribution in [0, 0.1) is 0 Å². The van der Waals surface area contributed by atoms with Gasteiger partial charge in [0.1, 0.15) is 0 Å². The van der Waals surface area contributed by atoms with E-state index < -0.39 is 27.9 Å². The fourth-order valence-electron chi connectivity index (χ4n) is 1.76. The van der Waals surface area contributed by atoms with Crippen molar-refractivity contribution < 1.29 is 23.1 Å². The lowest BCUT2D eigenvalue weighted by molar-refractivity contribution is -0.136. The van der Waals surface area contributed by atoms with Crippen LogP contribution in [0.25, 0.3) is 0 Å². The fraction of sp³-hybridized carbons (Fsp3) is 0.250. The van der Waals surface area contributed by atoms with Crippen molar-refractivity contribution in [1.29, 1.82) is 0 Å². The smallest absolute Gasteiger partial charge is 0.319 e. The molecule has 2 heterocycles. The minimum absolute atomic E-state index is 0.157. The zero-order chi connectivity index (χ0) is 15.5. The molecule has 1 aliphatic rings. The Balaban J connectivity index is 1.88. The summed E-state index contributed by atoms with van der Waals surface area (Å²) in [5.74, 6) is -1.15. The monoisotopic (exact) mass is 311 g/mol. The highest BCUT2D eigenvalue weighted by atomic mass is 32.2. The van der Waals surface area contributed by atoms with Gasteiger partial charge in [0, 0.05) is 5.41 Å². The Morgan fingerprint density at radius 1 is 1.38 bits per heavy atom. The number of hydrogen-bond donors (Lipinski definition) is 3. The van der Waals surface area contributed by atoms with Crippen LogP contribution in [-0.2, 0) is 21.1 Å². The third-order valence-electron chi connectivity index (χ3n) is 2.66. The van der Waals surface area contributed by atoms with E-state index in [4.69, 9.17) is 5.11 Å². The van der Waals surface area contributed by atoms with Gasteiger partial charge in [-0.25, -0.2) is 13.2 Å². The average Bonchev–Trinajstić information content (AvgIpc) is 2.70. The number of rotatable bonds is 4. The summed E-state index contributed by atoms with van der Waals surface area (Å²) in [5, 5.41) is 14.7. The third kappa shape index (κ3) is 4.56. The Labute approximate surface area is 120 Å². The van der Waals surface area contributed by atoms with Crippen molar-refractivity contribution in [3.05, 3.63) is 35.5 Å². The molecule has 3 N–H and O–H groups in total. The number of carbonyl (C=O) groups excluding carboxylic acids is 1. The summed E-state index contributed by atoms with van der Waals surface area (Å²) in [5.41, 5.74) is 0.754. The summed E-state index contributed by atoms with van der Waals surface area (Å²) in [6.45, 7) is 0. The number of aromatic nitrogens is 1. The standard InChI is InChI=1S/C12H13N3O5S/c16-11(17)5-8-1-2-9(6-13-8)14-12(18)15-10-3-4-21(19,20)7-10/h1-4,6,10H,5,7H2,(H,16,17)(H2,14,15,18). The Bertz CT molecular complexity index is 681. The molecule has 0 aromatic carbocycles. The van der Waals surface area contributed by atoms with Gasteiger partial charge in [-0.1, -0.05) is 0 Å². The molecule has 1 aromatic heterocycles. The minimum Gasteiger partial charge on any atom is -0.481 e. The van der Waals surface area contributed by atoms with Crippen molar-refractivity contribution in [1.82, 2.24) is 10.3 Å². The van der Waals surface area contributed by atoms with Gasteiger partial charge in [-0.05, 0) is 18.2 Å². The topological polar surface area (TPSA) is 125 Å². The van der Waals surface area contributed by atoms with Gasteiger partial charge < -0.3 is 15.7 Å². The van der Waals surface area contributed by atoms with Crippen LogP contribution >= 0.6 is 0 Å². The van der Waals surface area contributed by atoms with Crippen molar-refractivity contribution in [2.75, 3.05) is 11.1 Å². The predicted octanol–water partition coefficient (Wildman–Crippen LogP) is 0.141. The number of hydrogen-bond acceptors (Lipinski definition) is 5. The molecule has 9 heteroatoms. The maximum atomic E-state index is 11.7. The number of carboxylic acids is 1. The lowest BCUT2D eigenvalue weighted by Crippen LogP contribution is -2.38. The maximum Gasteiger partial charge on any atom is 0.319 e. The Kier molecular flexibility index (Phi) is 4.22. The van der Waals surface area contributed by atoms with Crippen molar-refractivity contribution in [2.45, 2.75) is 12.5 Å². The van der Waals surface area contributed by atoms with Crippen LogP contribution in [0.15, 0.2) is 29.8 Å². The Morgan fingerprint density at radius 3 is 2.67 bits per heavy atom. The van der Waals surface area contributed by atoms with Gasteiger partial charge in [0.05, 0.1) is 35.8 Å². The van der Waals surface area contributed by atoms with E-state index in [-0.39, 0.29) is 12.2 Å². The molecular weight excluding hydrogens is 298 g/mol. The van der Waals surface area contributed by atoms with Crippen molar-refractivity contribution in [3.8, 4) is 0 Å². The van der Waals surface area contributed by atoms with Crippen molar-refractivity contribution in [2.24, 2.45) is 0 Å². The van der Waals surface area contributed by atoms with Gasteiger partial charge in [-0.3, -0.25) is 9.78 Å². The Morgan fingerprint density at radius 2 is 2.14 bits per heavy atom. The van der Waals surface area contributed by atoms with Crippen LogP contribution in [0.4, 0.5) is 10.5 Å². The highest BCUT2D eigenvalue weighted by Gasteiger charge is 2.22. The molecule has 8 nitrogen and oxygen atoms in total. The Hall–Kier alpha value is -2.42. The highest BCUT2D eigenvalue weighted by Crippen LogP contribution is 2.09. The number of aliphatic carboxylic acids is 1.